The molecule has 0 bridgehead atoms. The molecule has 0 fully saturated rings. The van der Waals surface area contributed by atoms with Gasteiger partial charge in [0, 0.05) is 0 Å². The normalized spacial score (nSPS) is 12.4. The fourth-order valence-electron chi connectivity index (χ4n) is 2.56. The highest BCUT2D eigenvalue weighted by molar-refractivity contribution is 7.99. The molecule has 26 heavy (non-hydrogen) atoms. The Bertz CT molecular complexity index is 978. The Labute approximate surface area is 154 Å². The van der Waals surface area contributed by atoms with E-state index in [-0.39, 0.29) is 5.25 Å². The summed E-state index contributed by atoms with van der Waals surface area (Å²) in [7, 11) is 0. The molecular weight excluding hydrogens is 350 g/mol. The molecule has 3 heterocycles. The van der Waals surface area contributed by atoms with Gasteiger partial charge in [0.1, 0.15) is 0 Å². The second kappa shape index (κ2) is 7.17. The molecule has 132 valence electrons. The molecule has 1 atom stereocenters. The van der Waals surface area contributed by atoms with Gasteiger partial charge in [0.15, 0.2) is 16.7 Å². The molecule has 3 aromatic heterocycles. The van der Waals surface area contributed by atoms with Gasteiger partial charge < -0.3 is 8.94 Å². The summed E-state index contributed by atoms with van der Waals surface area (Å²) in [6, 6.07) is 13.9. The van der Waals surface area contributed by atoms with Gasteiger partial charge in [-0.1, -0.05) is 47.3 Å². The molecule has 0 amide bonds. The molecule has 0 aliphatic rings. The summed E-state index contributed by atoms with van der Waals surface area (Å²) >= 11 is 1.53. The van der Waals surface area contributed by atoms with Crippen molar-refractivity contribution in [2.45, 2.75) is 30.8 Å². The van der Waals surface area contributed by atoms with Crippen molar-refractivity contribution in [1.82, 2.24) is 24.9 Å². The van der Waals surface area contributed by atoms with E-state index in [0.29, 0.717) is 29.8 Å². The molecule has 8 heteroatoms. The van der Waals surface area contributed by atoms with E-state index in [9.17, 15) is 0 Å². The van der Waals surface area contributed by atoms with Crippen LogP contribution in [0.3, 0.4) is 0 Å². The van der Waals surface area contributed by atoms with Crippen LogP contribution in [0.15, 0.2) is 62.8 Å². The van der Waals surface area contributed by atoms with Crippen molar-refractivity contribution < 1.29 is 8.94 Å². The van der Waals surface area contributed by atoms with E-state index < -0.39 is 0 Å². The number of benzene rings is 1. The lowest BCUT2D eigenvalue weighted by Crippen LogP contribution is -2.04. The van der Waals surface area contributed by atoms with Crippen LogP contribution in [-0.4, -0.2) is 24.9 Å². The third-order valence-electron chi connectivity index (χ3n) is 3.82. The maximum absolute atomic E-state index is 5.53. The van der Waals surface area contributed by atoms with Gasteiger partial charge in [-0.05, 0) is 31.5 Å². The number of furan rings is 1. The third kappa shape index (κ3) is 3.41. The molecule has 0 radical (unpaired) electrons. The van der Waals surface area contributed by atoms with Crippen molar-refractivity contribution in [3.8, 4) is 11.6 Å². The molecule has 0 N–H and O–H groups in total. The second-order valence-corrected chi connectivity index (χ2v) is 7.10. The van der Waals surface area contributed by atoms with Crippen LogP contribution in [0.4, 0.5) is 0 Å². The lowest BCUT2D eigenvalue weighted by atomic mass is 10.2. The van der Waals surface area contributed by atoms with Crippen LogP contribution < -0.4 is 0 Å². The van der Waals surface area contributed by atoms with Gasteiger partial charge in [-0.25, -0.2) is 0 Å². The van der Waals surface area contributed by atoms with E-state index in [1.807, 2.05) is 41.8 Å². The Balaban J connectivity index is 1.67. The van der Waals surface area contributed by atoms with Crippen LogP contribution >= 0.6 is 11.8 Å². The first-order valence-electron chi connectivity index (χ1n) is 8.18. The lowest BCUT2D eigenvalue weighted by Gasteiger charge is -2.11. The Morgan fingerprint density at radius 3 is 2.65 bits per heavy atom. The average molecular weight is 367 g/mol. The van der Waals surface area contributed by atoms with Crippen molar-refractivity contribution >= 4 is 11.8 Å². The predicted octanol–water partition coefficient (Wildman–Crippen LogP) is 4.13. The van der Waals surface area contributed by atoms with Crippen molar-refractivity contribution in [3.05, 3.63) is 66.0 Å². The molecule has 1 aromatic carbocycles. The number of aryl methyl sites for hydroxylation is 1. The zero-order valence-corrected chi connectivity index (χ0v) is 15.2. The summed E-state index contributed by atoms with van der Waals surface area (Å²) in [6.07, 6.45) is 1.63. The highest BCUT2D eigenvalue weighted by Crippen LogP contribution is 2.35. The van der Waals surface area contributed by atoms with Gasteiger partial charge in [0.2, 0.25) is 11.7 Å². The molecule has 4 rings (SSSR count). The Morgan fingerprint density at radius 1 is 1.12 bits per heavy atom. The molecule has 0 spiro atoms. The Morgan fingerprint density at radius 2 is 1.96 bits per heavy atom. The maximum atomic E-state index is 5.53. The first kappa shape index (κ1) is 16.6. The predicted molar refractivity (Wildman–Crippen MR) is 96.6 cm³/mol. The van der Waals surface area contributed by atoms with Crippen molar-refractivity contribution in [3.63, 3.8) is 0 Å². The van der Waals surface area contributed by atoms with E-state index in [2.05, 4.69) is 32.5 Å². The minimum atomic E-state index is -0.0422. The Kier molecular flexibility index (Phi) is 4.57. The number of hydrogen-bond donors (Lipinski definition) is 0. The van der Waals surface area contributed by atoms with Crippen LogP contribution in [0.1, 0.15) is 29.5 Å². The first-order valence-corrected chi connectivity index (χ1v) is 9.06. The molecule has 0 aliphatic carbocycles. The lowest BCUT2D eigenvalue weighted by molar-refractivity contribution is 0.376. The highest BCUT2D eigenvalue weighted by atomic mass is 32.2. The monoisotopic (exact) mass is 367 g/mol. The third-order valence-corrected chi connectivity index (χ3v) is 4.88. The minimum absolute atomic E-state index is 0.0422. The topological polar surface area (TPSA) is 82.8 Å². The fraction of sp³-hybridized carbons (Fsp3) is 0.222. The van der Waals surface area contributed by atoms with E-state index in [0.717, 1.165) is 10.7 Å². The van der Waals surface area contributed by atoms with Crippen LogP contribution in [0.5, 0.6) is 0 Å². The van der Waals surface area contributed by atoms with Crippen molar-refractivity contribution in [2.24, 2.45) is 0 Å². The summed E-state index contributed by atoms with van der Waals surface area (Å²) in [5, 5.41) is 13.3. The summed E-state index contributed by atoms with van der Waals surface area (Å²) in [5.74, 6) is 2.56. The largest absolute Gasteiger partial charge is 0.461 e. The second-order valence-electron chi connectivity index (χ2n) is 5.80. The SMILES string of the molecule is Cc1noc(C(C)Sc2nnc(-c3ccco3)n2Cc2ccccc2)n1. The van der Waals surface area contributed by atoms with Gasteiger partial charge in [-0.15, -0.1) is 10.2 Å². The summed E-state index contributed by atoms with van der Waals surface area (Å²) < 4.78 is 12.8. The van der Waals surface area contributed by atoms with Crippen LogP contribution in [-0.2, 0) is 6.54 Å². The number of aromatic nitrogens is 5. The first-order chi connectivity index (χ1) is 12.7. The fourth-order valence-corrected chi connectivity index (χ4v) is 3.44. The minimum Gasteiger partial charge on any atom is -0.461 e. The number of hydrogen-bond acceptors (Lipinski definition) is 7. The molecule has 0 aliphatic heterocycles. The molecular formula is C18H17N5O2S. The smallest absolute Gasteiger partial charge is 0.239 e. The highest BCUT2D eigenvalue weighted by Gasteiger charge is 2.22. The number of thioether (sulfide) groups is 1. The van der Waals surface area contributed by atoms with Gasteiger partial charge >= 0.3 is 0 Å². The molecule has 1 unspecified atom stereocenters. The summed E-state index contributed by atoms with van der Waals surface area (Å²) in [5.41, 5.74) is 1.16. The van der Waals surface area contributed by atoms with Crippen LogP contribution in [0.2, 0.25) is 0 Å². The zero-order chi connectivity index (χ0) is 17.9. The Hall–Kier alpha value is -2.87. The average Bonchev–Trinajstić information content (AvgIpc) is 3.38. The number of nitrogens with zero attached hydrogens (tertiary/aromatic N) is 5. The summed E-state index contributed by atoms with van der Waals surface area (Å²) in [4.78, 5) is 4.30. The molecule has 7 nitrogen and oxygen atoms in total. The van der Waals surface area contributed by atoms with Gasteiger partial charge in [-0.3, -0.25) is 4.57 Å². The number of rotatable bonds is 6. The molecule has 4 aromatic rings. The molecule has 0 saturated carbocycles. The summed E-state index contributed by atoms with van der Waals surface area (Å²) in [6.45, 7) is 4.45. The molecule has 0 saturated heterocycles. The quantitative estimate of drug-likeness (QED) is 0.474. The van der Waals surface area contributed by atoms with Gasteiger partial charge in [0.05, 0.1) is 18.1 Å². The zero-order valence-electron chi connectivity index (χ0n) is 14.4. The standard InChI is InChI=1S/C18H17N5O2S/c1-12(17-19-13(2)22-25-17)26-18-21-20-16(15-9-6-10-24-15)23(18)11-14-7-4-3-5-8-14/h3-10,12H,11H2,1-2H3. The van der Waals surface area contributed by atoms with E-state index >= 15 is 0 Å². The van der Waals surface area contributed by atoms with Crippen LogP contribution in [0, 0.1) is 6.92 Å². The van der Waals surface area contributed by atoms with E-state index in [1.54, 1.807) is 13.2 Å². The maximum Gasteiger partial charge on any atom is 0.239 e. The van der Waals surface area contributed by atoms with Crippen molar-refractivity contribution in [1.29, 1.82) is 0 Å². The van der Waals surface area contributed by atoms with E-state index in [4.69, 9.17) is 8.94 Å². The van der Waals surface area contributed by atoms with Crippen molar-refractivity contribution in [2.75, 3.05) is 0 Å². The van der Waals surface area contributed by atoms with Crippen LogP contribution in [0.25, 0.3) is 11.6 Å². The van der Waals surface area contributed by atoms with Gasteiger partial charge in [0.25, 0.3) is 0 Å². The van der Waals surface area contributed by atoms with Gasteiger partial charge in [-0.2, -0.15) is 4.98 Å². The van der Waals surface area contributed by atoms with E-state index in [1.165, 1.54) is 11.8 Å².